The van der Waals surface area contributed by atoms with E-state index in [1.807, 2.05) is 0 Å². The molecule has 2 aromatic rings. The molecule has 0 aromatic carbocycles. The molecule has 5 atom stereocenters. The van der Waals surface area contributed by atoms with E-state index in [1.54, 1.807) is 23.3 Å². The lowest BCUT2D eigenvalue weighted by Gasteiger charge is -2.26. The number of aliphatic hydroxyl groups excluding tert-OH is 1. The van der Waals surface area contributed by atoms with Crippen LogP contribution >= 0.6 is 35.4 Å². The minimum absolute atomic E-state index is 0.0150. The molecule has 0 saturated carbocycles. The van der Waals surface area contributed by atoms with E-state index >= 15 is 0 Å². The van der Waals surface area contributed by atoms with Gasteiger partial charge in [-0.3, -0.25) is 13.3 Å². The van der Waals surface area contributed by atoms with Gasteiger partial charge in [-0.2, -0.15) is 4.31 Å². The van der Waals surface area contributed by atoms with Crippen molar-refractivity contribution in [3.05, 3.63) is 27.9 Å². The second-order valence-electron chi connectivity index (χ2n) is 6.77. The lowest BCUT2D eigenvalue weighted by Crippen LogP contribution is -2.27. The Morgan fingerprint density at radius 2 is 2.00 bits per heavy atom. The van der Waals surface area contributed by atoms with Crippen LogP contribution in [0.5, 0.6) is 0 Å². The summed E-state index contributed by atoms with van der Waals surface area (Å²) in [4.78, 5) is 57.2. The zero-order valence-corrected chi connectivity index (χ0v) is 20.3. The molecule has 2 aromatic heterocycles. The van der Waals surface area contributed by atoms with Crippen LogP contribution in [0.25, 0.3) is 11.0 Å². The highest BCUT2D eigenvalue weighted by Gasteiger charge is 2.40. The van der Waals surface area contributed by atoms with Crippen molar-refractivity contribution in [2.24, 2.45) is 0 Å². The van der Waals surface area contributed by atoms with E-state index in [-0.39, 0.29) is 17.5 Å². The summed E-state index contributed by atoms with van der Waals surface area (Å²) in [6, 6.07) is 0. The maximum Gasteiger partial charge on any atom is 0.487 e. The van der Waals surface area contributed by atoms with E-state index in [1.165, 1.54) is 11.9 Å². The van der Waals surface area contributed by atoms with Gasteiger partial charge in [0.05, 0.1) is 18.8 Å². The molecule has 1 saturated heterocycles. The summed E-state index contributed by atoms with van der Waals surface area (Å²) in [7, 11) is -16.9. The largest absolute Gasteiger partial charge is 0.756 e. The number of aromatic nitrogens is 3. The monoisotopic (exact) mass is 550 g/mol. The van der Waals surface area contributed by atoms with Crippen LogP contribution in [0.4, 0.5) is 0 Å². The van der Waals surface area contributed by atoms with Gasteiger partial charge in [-0.25, -0.2) is 18.4 Å². The first-order valence-electron chi connectivity index (χ1n) is 8.87. The summed E-state index contributed by atoms with van der Waals surface area (Å²) in [5, 5.41) is 10.3. The van der Waals surface area contributed by atoms with Gasteiger partial charge in [0.25, 0.3) is 13.4 Å². The van der Waals surface area contributed by atoms with Gasteiger partial charge in [-0.05, 0) is 18.9 Å². The number of rotatable bonds is 9. The van der Waals surface area contributed by atoms with Crippen molar-refractivity contribution in [2.45, 2.75) is 31.7 Å². The summed E-state index contributed by atoms with van der Waals surface area (Å²) in [5.74, 6) is 0.349. The first-order valence-corrected chi connectivity index (χ1v) is 14.5. The van der Waals surface area contributed by atoms with Crippen molar-refractivity contribution in [3.63, 3.8) is 0 Å². The molecule has 0 spiro atoms. The fraction of sp³-hybridized carbons (Fsp3) is 0.538. The molecule has 5 N–H and O–H groups in total. The van der Waals surface area contributed by atoms with Crippen LogP contribution in [0, 0.1) is 6.92 Å². The Hall–Kier alpha value is -0.900. The van der Waals surface area contributed by atoms with Crippen molar-refractivity contribution in [1.29, 1.82) is 0 Å². The molecule has 186 valence electrons. The number of aliphatic hydroxyl groups is 1. The number of fused-ring (bicyclic) bond motifs is 1. The third-order valence-electron chi connectivity index (χ3n) is 4.34. The van der Waals surface area contributed by atoms with Crippen LogP contribution in [0.1, 0.15) is 23.9 Å². The van der Waals surface area contributed by atoms with E-state index in [0.29, 0.717) is 16.9 Å². The van der Waals surface area contributed by atoms with Crippen molar-refractivity contribution in [2.75, 3.05) is 12.9 Å². The molecular formula is C13H19N3O13P3S-. The Morgan fingerprint density at radius 3 is 2.61 bits per heavy atom. The molecule has 3 heterocycles. The molecule has 3 unspecified atom stereocenters. The standard InChI is InChI=1S/C13H20N3O13P3S/c1-6-14-11-7(4-16(33-2)12(11)13(18)15-6)9-3-8(17)10(27-9)5-26-31(22,23)29-32(24,25)28-30(19,20)21/h4,8-10,17H,3,5H2,1-2H3,(H,22,23)(H,24,25)(H,14,15,18)(H2,19,20,21)/p-1/t8?,9-,10-/m1/s1. The Balaban J connectivity index is 1.73. The average Bonchev–Trinajstić information content (AvgIpc) is 3.17. The fourth-order valence-corrected chi connectivity index (χ4v) is 6.72. The summed E-state index contributed by atoms with van der Waals surface area (Å²) >= 11 is 1.22. The van der Waals surface area contributed by atoms with Gasteiger partial charge in [-0.1, -0.05) is 0 Å². The molecule has 0 radical (unpaired) electrons. The van der Waals surface area contributed by atoms with E-state index in [9.17, 15) is 28.5 Å². The predicted molar refractivity (Wildman–Crippen MR) is 110 cm³/mol. The van der Waals surface area contributed by atoms with Crippen molar-refractivity contribution >= 4 is 46.4 Å². The zero-order chi connectivity index (χ0) is 24.8. The quantitative estimate of drug-likeness (QED) is 0.259. The minimum Gasteiger partial charge on any atom is -0.756 e. The van der Waals surface area contributed by atoms with E-state index in [4.69, 9.17) is 19.4 Å². The highest BCUT2D eigenvalue weighted by molar-refractivity contribution is 7.97. The highest BCUT2D eigenvalue weighted by Crippen LogP contribution is 2.65. The molecule has 3 rings (SSSR count). The fourth-order valence-electron chi connectivity index (χ4n) is 3.16. The Morgan fingerprint density at radius 1 is 1.33 bits per heavy atom. The van der Waals surface area contributed by atoms with Crippen LogP contribution in [-0.4, -0.2) is 58.8 Å². The van der Waals surface area contributed by atoms with Crippen LogP contribution in [-0.2, 0) is 31.6 Å². The van der Waals surface area contributed by atoms with Crippen LogP contribution in [0.3, 0.4) is 0 Å². The van der Waals surface area contributed by atoms with Crippen molar-refractivity contribution in [1.82, 2.24) is 13.9 Å². The normalized spacial score (nSPS) is 25.2. The SMILES string of the molecule is CSn1cc([C@H]2CC(O)[C@@H](COP(=O)([O-])OP(=O)(O)OP(=O)(O)O)O2)c2nc(C)[nH]c(=O)c21. The zero-order valence-electron chi connectivity index (χ0n) is 16.8. The van der Waals surface area contributed by atoms with E-state index in [2.05, 4.69) is 23.1 Å². The molecule has 20 heteroatoms. The number of hydrogen-bond donors (Lipinski definition) is 5. The van der Waals surface area contributed by atoms with Gasteiger partial charge >= 0.3 is 15.6 Å². The lowest BCUT2D eigenvalue weighted by atomic mass is 10.1. The van der Waals surface area contributed by atoms with E-state index in [0.717, 1.165) is 0 Å². The van der Waals surface area contributed by atoms with Crippen molar-refractivity contribution in [3.8, 4) is 0 Å². The first-order chi connectivity index (χ1) is 15.1. The van der Waals surface area contributed by atoms with Crippen molar-refractivity contribution < 1.29 is 56.3 Å². The predicted octanol–water partition coefficient (Wildman–Crippen LogP) is 0.0613. The van der Waals surface area contributed by atoms with Gasteiger partial charge < -0.3 is 38.9 Å². The topological polar surface area (TPSA) is 243 Å². The maximum atomic E-state index is 12.3. The Kier molecular flexibility index (Phi) is 7.79. The Bertz CT molecular complexity index is 1240. The summed E-state index contributed by atoms with van der Waals surface area (Å²) in [5.41, 5.74) is 0.679. The maximum absolute atomic E-state index is 12.3. The van der Waals surface area contributed by atoms with Crippen LogP contribution in [0.2, 0.25) is 0 Å². The summed E-state index contributed by atoms with van der Waals surface area (Å²) in [6.07, 6.45) is 0.0350. The summed E-state index contributed by atoms with van der Waals surface area (Å²) < 4.78 is 52.5. The Labute approximate surface area is 189 Å². The number of aryl methyl sites for hydroxylation is 1. The number of nitrogens with one attached hydrogen (secondary N) is 1. The number of aromatic amines is 1. The minimum atomic E-state index is -5.72. The van der Waals surface area contributed by atoms with E-state index < -0.39 is 48.4 Å². The molecule has 16 nitrogen and oxygen atoms in total. The summed E-state index contributed by atoms with van der Waals surface area (Å²) in [6.45, 7) is 0.729. The molecular weight excluding hydrogens is 531 g/mol. The lowest BCUT2D eigenvalue weighted by molar-refractivity contribution is -0.220. The number of phosphoric acid groups is 3. The second-order valence-corrected chi connectivity index (χ2v) is 11.9. The number of phosphoric ester groups is 1. The van der Waals surface area contributed by atoms with Crippen LogP contribution in [0.15, 0.2) is 11.0 Å². The molecule has 1 fully saturated rings. The second kappa shape index (κ2) is 9.63. The number of H-pyrrole nitrogens is 1. The third-order valence-corrected chi connectivity index (χ3v) is 8.79. The van der Waals surface area contributed by atoms with Gasteiger partial charge in [0.1, 0.15) is 23.0 Å². The van der Waals surface area contributed by atoms with Gasteiger partial charge in [-0.15, -0.1) is 0 Å². The molecule has 0 aliphatic carbocycles. The molecule has 0 bridgehead atoms. The number of nitrogens with zero attached hydrogens (tertiary/aromatic N) is 2. The number of ether oxygens (including phenoxy) is 1. The van der Waals surface area contributed by atoms with Gasteiger partial charge in [0.2, 0.25) is 0 Å². The molecule has 1 aliphatic heterocycles. The third kappa shape index (κ3) is 6.61. The molecule has 0 amide bonds. The van der Waals surface area contributed by atoms with Gasteiger partial charge in [0, 0.05) is 24.4 Å². The van der Waals surface area contributed by atoms with Crippen LogP contribution < -0.4 is 10.5 Å². The van der Waals surface area contributed by atoms with Gasteiger partial charge in [0.15, 0.2) is 0 Å². The molecule has 1 aliphatic rings. The average molecular weight is 550 g/mol. The first kappa shape index (κ1) is 26.7. The number of hydrogen-bond acceptors (Lipinski definition) is 12. The highest BCUT2D eigenvalue weighted by atomic mass is 32.2. The smallest absolute Gasteiger partial charge is 0.487 e. The molecule has 33 heavy (non-hydrogen) atoms.